The third-order valence-corrected chi connectivity index (χ3v) is 5.64. The monoisotopic (exact) mass is 418 g/mol. The van der Waals surface area contributed by atoms with E-state index in [9.17, 15) is 9.59 Å². The van der Waals surface area contributed by atoms with Crippen LogP contribution in [0.15, 0.2) is 23.6 Å². The van der Waals surface area contributed by atoms with Gasteiger partial charge in [0.2, 0.25) is 5.91 Å². The van der Waals surface area contributed by atoms with Crippen molar-refractivity contribution in [2.75, 3.05) is 27.3 Å². The number of piperidine rings is 1. The van der Waals surface area contributed by atoms with Crippen molar-refractivity contribution in [2.45, 2.75) is 32.2 Å². The minimum Gasteiger partial charge on any atom is -0.497 e. The molecule has 2 amide bonds. The first kappa shape index (κ1) is 21.0. The maximum Gasteiger partial charge on any atom is 0.275 e. The summed E-state index contributed by atoms with van der Waals surface area (Å²) in [6.07, 6.45) is 3.16. The van der Waals surface area contributed by atoms with Gasteiger partial charge in [-0.05, 0) is 48.8 Å². The summed E-state index contributed by atoms with van der Waals surface area (Å²) in [7, 11) is 3.20. The van der Waals surface area contributed by atoms with Crippen molar-refractivity contribution < 1.29 is 19.1 Å². The van der Waals surface area contributed by atoms with Gasteiger partial charge in [-0.15, -0.1) is 5.10 Å². The lowest BCUT2D eigenvalue weighted by molar-refractivity contribution is -0.121. The Balaban J connectivity index is 1.45. The summed E-state index contributed by atoms with van der Waals surface area (Å²) in [6, 6.07) is 5.53. The quantitative estimate of drug-likeness (QED) is 0.708. The van der Waals surface area contributed by atoms with Crippen LogP contribution in [0.3, 0.4) is 0 Å². The summed E-state index contributed by atoms with van der Waals surface area (Å²) in [5, 5.41) is 8.49. The Morgan fingerprint density at radius 3 is 2.90 bits per heavy atom. The van der Waals surface area contributed by atoms with Crippen LogP contribution in [0.25, 0.3) is 0 Å². The molecule has 0 bridgehead atoms. The minimum atomic E-state index is -0.0699. The molecule has 3 rings (SSSR count). The van der Waals surface area contributed by atoms with E-state index in [0.717, 1.165) is 31.4 Å². The van der Waals surface area contributed by atoms with Crippen molar-refractivity contribution in [3.05, 3.63) is 34.8 Å². The number of ether oxygens (including phenoxy) is 2. The third-order valence-electron chi connectivity index (χ3n) is 5.14. The summed E-state index contributed by atoms with van der Waals surface area (Å²) in [5.74, 6) is 1.64. The fourth-order valence-electron chi connectivity index (χ4n) is 3.52. The standard InChI is InChI=1S/C20H26N4O4S/c1-27-16-7-6-15(18(10-16)28-2)11-21-19(25)8-5-14-4-3-9-24(12-14)20(26)17-13-29-23-22-17/h6-7,10,13-14H,3-5,8-9,11-12H2,1-2H3,(H,21,25). The Hall–Kier alpha value is -2.68. The number of carbonyl (C=O) groups is 2. The zero-order valence-corrected chi connectivity index (χ0v) is 17.5. The van der Waals surface area contributed by atoms with Crippen LogP contribution in [-0.4, -0.2) is 53.6 Å². The molecular formula is C20H26N4O4S. The number of likely N-dealkylation sites (tertiary alicyclic amines) is 1. The number of rotatable bonds is 8. The molecule has 29 heavy (non-hydrogen) atoms. The van der Waals surface area contributed by atoms with E-state index in [1.54, 1.807) is 25.7 Å². The van der Waals surface area contributed by atoms with Crippen molar-refractivity contribution in [3.8, 4) is 11.5 Å². The van der Waals surface area contributed by atoms with Gasteiger partial charge >= 0.3 is 0 Å². The second kappa shape index (κ2) is 10.2. The lowest BCUT2D eigenvalue weighted by Crippen LogP contribution is -2.40. The molecule has 1 aromatic carbocycles. The highest BCUT2D eigenvalue weighted by atomic mass is 32.1. The fraction of sp³-hybridized carbons (Fsp3) is 0.500. The van der Waals surface area contributed by atoms with Crippen LogP contribution in [0.1, 0.15) is 41.7 Å². The molecule has 156 valence electrons. The average Bonchev–Trinajstić information content (AvgIpc) is 3.30. The number of benzene rings is 1. The second-order valence-electron chi connectivity index (χ2n) is 7.04. The van der Waals surface area contributed by atoms with Gasteiger partial charge in [0.15, 0.2) is 5.69 Å². The Kier molecular flexibility index (Phi) is 7.40. The molecule has 0 radical (unpaired) electrons. The molecule has 1 aliphatic rings. The van der Waals surface area contributed by atoms with Crippen LogP contribution in [-0.2, 0) is 11.3 Å². The lowest BCUT2D eigenvalue weighted by atomic mass is 9.93. The Labute approximate surface area is 174 Å². The molecule has 1 N–H and O–H groups in total. The van der Waals surface area contributed by atoms with Crippen molar-refractivity contribution >= 4 is 23.3 Å². The third kappa shape index (κ3) is 5.66. The van der Waals surface area contributed by atoms with Gasteiger partial charge in [0.05, 0.1) is 14.2 Å². The van der Waals surface area contributed by atoms with Crippen LogP contribution in [0.2, 0.25) is 0 Å². The van der Waals surface area contributed by atoms with E-state index in [1.807, 2.05) is 17.0 Å². The van der Waals surface area contributed by atoms with Crippen molar-refractivity contribution in [1.82, 2.24) is 19.8 Å². The predicted molar refractivity (Wildman–Crippen MR) is 109 cm³/mol. The van der Waals surface area contributed by atoms with E-state index >= 15 is 0 Å². The van der Waals surface area contributed by atoms with Gasteiger partial charge in [0.25, 0.3) is 5.91 Å². The molecule has 1 unspecified atom stereocenters. The molecule has 0 saturated carbocycles. The largest absolute Gasteiger partial charge is 0.497 e. The van der Waals surface area contributed by atoms with Crippen molar-refractivity contribution in [3.63, 3.8) is 0 Å². The number of aromatic nitrogens is 2. The molecule has 8 nitrogen and oxygen atoms in total. The molecule has 0 spiro atoms. The van der Waals surface area contributed by atoms with Crippen LogP contribution in [0, 0.1) is 5.92 Å². The minimum absolute atomic E-state index is 0.00461. The Morgan fingerprint density at radius 2 is 2.17 bits per heavy atom. The summed E-state index contributed by atoms with van der Waals surface area (Å²) in [6.45, 7) is 1.80. The smallest absolute Gasteiger partial charge is 0.275 e. The molecule has 1 saturated heterocycles. The number of nitrogens with one attached hydrogen (secondary N) is 1. The molecule has 1 aromatic heterocycles. The SMILES string of the molecule is COc1ccc(CNC(=O)CCC2CCCN(C(=O)c3csnn3)C2)c(OC)c1. The summed E-state index contributed by atoms with van der Waals surface area (Å²) >= 11 is 1.18. The molecule has 9 heteroatoms. The maximum atomic E-state index is 12.4. The number of carbonyl (C=O) groups excluding carboxylic acids is 2. The highest BCUT2D eigenvalue weighted by Crippen LogP contribution is 2.25. The number of nitrogens with zero attached hydrogens (tertiary/aromatic N) is 3. The van der Waals surface area contributed by atoms with Crippen LogP contribution in [0.4, 0.5) is 0 Å². The molecule has 1 fully saturated rings. The maximum absolute atomic E-state index is 12.4. The van der Waals surface area contributed by atoms with E-state index in [-0.39, 0.29) is 11.8 Å². The van der Waals surface area contributed by atoms with E-state index in [0.29, 0.717) is 42.6 Å². The zero-order valence-electron chi connectivity index (χ0n) is 16.7. The summed E-state index contributed by atoms with van der Waals surface area (Å²) in [4.78, 5) is 26.6. The highest BCUT2D eigenvalue weighted by Gasteiger charge is 2.26. The van der Waals surface area contributed by atoms with Gasteiger partial charge in [-0.1, -0.05) is 4.49 Å². The molecule has 1 aliphatic heterocycles. The van der Waals surface area contributed by atoms with Gasteiger partial charge in [-0.25, -0.2) is 0 Å². The number of methoxy groups -OCH3 is 2. The number of hydrogen-bond donors (Lipinski definition) is 1. The number of amides is 2. The Morgan fingerprint density at radius 1 is 1.31 bits per heavy atom. The molecule has 0 aliphatic carbocycles. The molecule has 1 atom stereocenters. The second-order valence-corrected chi connectivity index (χ2v) is 7.65. The van der Waals surface area contributed by atoms with Crippen molar-refractivity contribution in [1.29, 1.82) is 0 Å². The highest BCUT2D eigenvalue weighted by molar-refractivity contribution is 7.03. The van der Waals surface area contributed by atoms with Crippen LogP contribution < -0.4 is 14.8 Å². The Bertz CT molecular complexity index is 828. The first-order chi connectivity index (χ1) is 14.1. The predicted octanol–water partition coefficient (Wildman–Crippen LogP) is 2.50. The first-order valence-corrected chi connectivity index (χ1v) is 10.5. The van der Waals surface area contributed by atoms with Crippen LogP contribution in [0.5, 0.6) is 11.5 Å². The van der Waals surface area contributed by atoms with Gasteiger partial charge in [0, 0.05) is 43.1 Å². The zero-order chi connectivity index (χ0) is 20.6. The summed E-state index contributed by atoms with van der Waals surface area (Å²) < 4.78 is 14.3. The lowest BCUT2D eigenvalue weighted by Gasteiger charge is -2.32. The van der Waals surface area contributed by atoms with E-state index in [1.165, 1.54) is 11.5 Å². The molecule has 2 aromatic rings. The average molecular weight is 419 g/mol. The molecule has 2 heterocycles. The fourth-order valence-corrected chi connectivity index (χ4v) is 3.95. The first-order valence-electron chi connectivity index (χ1n) is 9.64. The van der Waals surface area contributed by atoms with Gasteiger partial charge < -0.3 is 19.7 Å². The van der Waals surface area contributed by atoms with Crippen molar-refractivity contribution in [2.24, 2.45) is 5.92 Å². The summed E-state index contributed by atoms with van der Waals surface area (Å²) in [5.41, 5.74) is 1.30. The van der Waals surface area contributed by atoms with Gasteiger partial charge in [0.1, 0.15) is 11.5 Å². The van der Waals surface area contributed by atoms with Gasteiger partial charge in [-0.2, -0.15) is 0 Å². The van der Waals surface area contributed by atoms with E-state index < -0.39 is 0 Å². The van der Waals surface area contributed by atoms with E-state index in [4.69, 9.17) is 9.47 Å². The molecular weight excluding hydrogens is 392 g/mol. The van der Waals surface area contributed by atoms with Gasteiger partial charge in [-0.3, -0.25) is 9.59 Å². The normalized spacial score (nSPS) is 16.3. The number of hydrogen-bond acceptors (Lipinski definition) is 7. The van der Waals surface area contributed by atoms with E-state index in [2.05, 4.69) is 14.9 Å². The topological polar surface area (TPSA) is 93.7 Å². The van der Waals surface area contributed by atoms with Crippen LogP contribution >= 0.6 is 11.5 Å².